The molecule has 0 radical (unpaired) electrons. The van der Waals surface area contributed by atoms with Crippen LogP contribution in [0.25, 0.3) is 10.9 Å². The van der Waals surface area contributed by atoms with Crippen LogP contribution in [0.1, 0.15) is 5.69 Å². The van der Waals surface area contributed by atoms with E-state index in [4.69, 9.17) is 4.74 Å². The van der Waals surface area contributed by atoms with Crippen LogP contribution in [0.3, 0.4) is 0 Å². The number of ether oxygens (including phenoxy) is 1. The Labute approximate surface area is 117 Å². The number of aromatic nitrogens is 2. The Morgan fingerprint density at radius 1 is 1.55 bits per heavy atom. The fourth-order valence-corrected chi connectivity index (χ4v) is 2.57. The normalized spacial score (nSPS) is 19.8. The smallest absolute Gasteiger partial charge is 0.242 e. The topological polar surface area (TPSA) is 70.2 Å². The molecular weight excluding hydrogens is 256 g/mol. The van der Waals surface area contributed by atoms with Crippen molar-refractivity contribution >= 4 is 16.8 Å². The first-order valence-corrected chi connectivity index (χ1v) is 6.70. The second kappa shape index (κ2) is 5.60. The van der Waals surface area contributed by atoms with Gasteiger partial charge in [-0.15, -0.1) is 0 Å². The Bertz CT molecular complexity index is 575. The van der Waals surface area contributed by atoms with Gasteiger partial charge in [-0.2, -0.15) is 0 Å². The van der Waals surface area contributed by atoms with Gasteiger partial charge in [0.15, 0.2) is 0 Å². The van der Waals surface area contributed by atoms with Crippen molar-refractivity contribution < 1.29 is 9.53 Å². The van der Waals surface area contributed by atoms with Gasteiger partial charge in [-0.1, -0.05) is 0 Å². The van der Waals surface area contributed by atoms with Gasteiger partial charge in [0.25, 0.3) is 0 Å². The number of nitrogens with zero attached hydrogens (tertiary/aromatic N) is 2. The molecule has 106 valence electrons. The van der Waals surface area contributed by atoms with Crippen molar-refractivity contribution in [3.8, 4) is 0 Å². The van der Waals surface area contributed by atoms with Crippen LogP contribution in [0.4, 0.5) is 0 Å². The first-order chi connectivity index (χ1) is 9.78. The van der Waals surface area contributed by atoms with E-state index in [1.807, 2.05) is 23.2 Å². The minimum atomic E-state index is -0.236. The van der Waals surface area contributed by atoms with E-state index in [1.54, 1.807) is 13.3 Å². The number of hydrogen-bond donors (Lipinski definition) is 2. The first kappa shape index (κ1) is 13.1. The molecule has 0 bridgehead atoms. The number of rotatable bonds is 4. The molecule has 1 fully saturated rings. The number of aromatic amines is 1. The summed E-state index contributed by atoms with van der Waals surface area (Å²) in [7, 11) is 1.61. The van der Waals surface area contributed by atoms with Gasteiger partial charge < -0.3 is 19.9 Å². The monoisotopic (exact) mass is 274 g/mol. The molecule has 3 rings (SSSR count). The van der Waals surface area contributed by atoms with Gasteiger partial charge >= 0.3 is 0 Å². The molecule has 0 aromatic carbocycles. The quantitative estimate of drug-likeness (QED) is 0.852. The summed E-state index contributed by atoms with van der Waals surface area (Å²) in [6, 6.07) is 3.74. The summed E-state index contributed by atoms with van der Waals surface area (Å²) in [6.45, 7) is 2.51. The van der Waals surface area contributed by atoms with Crippen molar-refractivity contribution in [2.45, 2.75) is 12.6 Å². The molecule has 1 aliphatic heterocycles. The molecule has 2 aromatic heterocycles. The number of pyridine rings is 1. The average molecular weight is 274 g/mol. The van der Waals surface area contributed by atoms with Crippen LogP contribution in [0, 0.1) is 0 Å². The molecule has 3 heterocycles. The van der Waals surface area contributed by atoms with Crippen LogP contribution in [-0.4, -0.2) is 53.6 Å². The molecule has 2 aromatic rings. The molecule has 0 spiro atoms. The maximum atomic E-state index is 12.3. The van der Waals surface area contributed by atoms with Gasteiger partial charge in [0.05, 0.1) is 13.2 Å². The zero-order valence-corrected chi connectivity index (χ0v) is 11.4. The van der Waals surface area contributed by atoms with Gasteiger partial charge in [-0.3, -0.25) is 9.78 Å². The molecule has 1 unspecified atom stereocenters. The summed E-state index contributed by atoms with van der Waals surface area (Å²) < 4.78 is 5.07. The van der Waals surface area contributed by atoms with Crippen LogP contribution in [0.2, 0.25) is 0 Å². The van der Waals surface area contributed by atoms with Crippen molar-refractivity contribution in [1.82, 2.24) is 20.2 Å². The Morgan fingerprint density at radius 3 is 3.25 bits per heavy atom. The zero-order valence-electron chi connectivity index (χ0n) is 11.4. The second-order valence-electron chi connectivity index (χ2n) is 4.98. The van der Waals surface area contributed by atoms with Gasteiger partial charge in [0.1, 0.15) is 6.04 Å². The van der Waals surface area contributed by atoms with Crippen LogP contribution >= 0.6 is 0 Å². The van der Waals surface area contributed by atoms with Crippen molar-refractivity contribution in [1.29, 1.82) is 0 Å². The van der Waals surface area contributed by atoms with Crippen LogP contribution in [0.5, 0.6) is 0 Å². The van der Waals surface area contributed by atoms with Gasteiger partial charge in [-0.25, -0.2) is 0 Å². The third kappa shape index (κ3) is 2.52. The first-order valence-electron chi connectivity index (χ1n) is 6.70. The highest BCUT2D eigenvalue weighted by Crippen LogP contribution is 2.16. The number of carbonyl (C=O) groups excluding carboxylic acids is 1. The largest absolute Gasteiger partial charge is 0.383 e. The summed E-state index contributed by atoms with van der Waals surface area (Å²) in [5.74, 6) is 0.0925. The highest BCUT2D eigenvalue weighted by molar-refractivity contribution is 5.83. The zero-order chi connectivity index (χ0) is 13.9. The highest BCUT2D eigenvalue weighted by Gasteiger charge is 2.28. The number of amides is 1. The summed E-state index contributed by atoms with van der Waals surface area (Å²) in [5, 5.41) is 4.24. The van der Waals surface area contributed by atoms with E-state index in [-0.39, 0.29) is 11.9 Å². The molecule has 1 aliphatic rings. The van der Waals surface area contributed by atoms with E-state index in [0.717, 1.165) is 23.1 Å². The summed E-state index contributed by atoms with van der Waals surface area (Å²) in [6.07, 6.45) is 3.58. The van der Waals surface area contributed by atoms with Crippen molar-refractivity contribution in [3.05, 3.63) is 30.2 Å². The Hall–Kier alpha value is -1.92. The fraction of sp³-hybridized carbons (Fsp3) is 0.429. The number of H-pyrrole nitrogens is 1. The summed E-state index contributed by atoms with van der Waals surface area (Å²) in [4.78, 5) is 21.6. The molecular formula is C14H18N4O2. The summed E-state index contributed by atoms with van der Waals surface area (Å²) >= 11 is 0. The summed E-state index contributed by atoms with van der Waals surface area (Å²) in [5.41, 5.74) is 2.07. The highest BCUT2D eigenvalue weighted by atomic mass is 16.5. The van der Waals surface area contributed by atoms with Crippen LogP contribution in [-0.2, 0) is 16.1 Å². The fourth-order valence-electron chi connectivity index (χ4n) is 2.57. The molecule has 0 aliphatic carbocycles. The lowest BCUT2D eigenvalue weighted by molar-refractivity contribution is -0.137. The number of fused-ring (bicyclic) bond motifs is 1. The SMILES string of the molecule is COCC1NCCN(Cc2cc3cnccc3[nH]2)C1=O. The van der Waals surface area contributed by atoms with E-state index in [1.165, 1.54) is 0 Å². The lowest BCUT2D eigenvalue weighted by Gasteiger charge is -2.32. The lowest BCUT2D eigenvalue weighted by atomic mass is 10.2. The standard InChI is InChI=1S/C14H18N4O2/c1-20-9-13-14(19)18(5-4-16-13)8-11-6-10-7-15-3-2-12(10)17-11/h2-3,6-7,13,16-17H,4-5,8-9H2,1H3. The lowest BCUT2D eigenvalue weighted by Crippen LogP contribution is -2.56. The molecule has 2 N–H and O–H groups in total. The minimum Gasteiger partial charge on any atom is -0.383 e. The molecule has 0 saturated carbocycles. The second-order valence-corrected chi connectivity index (χ2v) is 4.98. The van der Waals surface area contributed by atoms with Crippen molar-refractivity contribution in [2.24, 2.45) is 0 Å². The van der Waals surface area contributed by atoms with E-state index in [2.05, 4.69) is 15.3 Å². The molecule has 20 heavy (non-hydrogen) atoms. The van der Waals surface area contributed by atoms with E-state index >= 15 is 0 Å². The number of piperazine rings is 1. The van der Waals surface area contributed by atoms with Crippen LogP contribution < -0.4 is 5.32 Å². The van der Waals surface area contributed by atoms with E-state index in [0.29, 0.717) is 19.7 Å². The molecule has 1 atom stereocenters. The van der Waals surface area contributed by atoms with E-state index < -0.39 is 0 Å². The maximum Gasteiger partial charge on any atom is 0.242 e. The predicted octanol–water partition coefficient (Wildman–Crippen LogP) is 0.510. The number of methoxy groups -OCH3 is 1. The van der Waals surface area contributed by atoms with Crippen molar-refractivity contribution in [3.63, 3.8) is 0 Å². The van der Waals surface area contributed by atoms with Gasteiger partial charge in [0, 0.05) is 49.2 Å². The molecule has 1 amide bonds. The van der Waals surface area contributed by atoms with Crippen molar-refractivity contribution in [2.75, 3.05) is 26.8 Å². The Balaban J connectivity index is 1.74. The Morgan fingerprint density at radius 2 is 2.45 bits per heavy atom. The maximum absolute atomic E-state index is 12.3. The number of hydrogen-bond acceptors (Lipinski definition) is 4. The predicted molar refractivity (Wildman–Crippen MR) is 75.2 cm³/mol. The number of carbonyl (C=O) groups is 1. The Kier molecular flexibility index (Phi) is 3.66. The molecule has 6 nitrogen and oxygen atoms in total. The van der Waals surface area contributed by atoms with Gasteiger partial charge in [0.2, 0.25) is 5.91 Å². The molecule has 6 heteroatoms. The van der Waals surface area contributed by atoms with Gasteiger partial charge in [-0.05, 0) is 12.1 Å². The number of nitrogens with one attached hydrogen (secondary N) is 2. The van der Waals surface area contributed by atoms with Crippen LogP contribution in [0.15, 0.2) is 24.5 Å². The van der Waals surface area contributed by atoms with E-state index in [9.17, 15) is 4.79 Å². The minimum absolute atomic E-state index is 0.0925. The third-order valence-corrected chi connectivity index (χ3v) is 3.55. The third-order valence-electron chi connectivity index (χ3n) is 3.55. The molecule has 1 saturated heterocycles. The average Bonchev–Trinajstić information content (AvgIpc) is 2.86.